The normalized spacial score (nSPS) is 11.4. The summed E-state index contributed by atoms with van der Waals surface area (Å²) >= 11 is 0. The number of nitrogens with zero attached hydrogens (tertiary/aromatic N) is 1. The Labute approximate surface area is 106 Å². The van der Waals surface area contributed by atoms with Gasteiger partial charge in [-0.25, -0.2) is 0 Å². The van der Waals surface area contributed by atoms with Crippen LogP contribution in [0.4, 0.5) is 0 Å². The Kier molecular flexibility index (Phi) is 3.84. The SMILES string of the molecule is Cc1cc(C(=O)N(C)C(C)(C)CC(=O)O)c(C)o1. The summed E-state index contributed by atoms with van der Waals surface area (Å²) in [5, 5.41) is 8.85. The number of carbonyl (C=O) groups is 2. The number of carboxylic acids is 1. The highest BCUT2D eigenvalue weighted by molar-refractivity contribution is 5.95. The van der Waals surface area contributed by atoms with Gasteiger partial charge in [-0.2, -0.15) is 0 Å². The number of hydrogen-bond donors (Lipinski definition) is 1. The van der Waals surface area contributed by atoms with Crippen LogP contribution in [0.3, 0.4) is 0 Å². The molecular weight excluding hydrogens is 234 g/mol. The van der Waals surface area contributed by atoms with Crippen molar-refractivity contribution in [3.8, 4) is 0 Å². The molecule has 0 bridgehead atoms. The molecule has 1 rings (SSSR count). The van der Waals surface area contributed by atoms with Crippen molar-refractivity contribution >= 4 is 11.9 Å². The Bertz CT molecular complexity index is 473. The van der Waals surface area contributed by atoms with Gasteiger partial charge in [-0.05, 0) is 33.8 Å². The van der Waals surface area contributed by atoms with E-state index in [1.165, 1.54) is 4.90 Å². The predicted molar refractivity (Wildman–Crippen MR) is 66.6 cm³/mol. The van der Waals surface area contributed by atoms with Crippen molar-refractivity contribution in [1.29, 1.82) is 0 Å². The minimum Gasteiger partial charge on any atom is -0.481 e. The van der Waals surface area contributed by atoms with Crippen LogP contribution < -0.4 is 0 Å². The van der Waals surface area contributed by atoms with Gasteiger partial charge >= 0.3 is 5.97 Å². The summed E-state index contributed by atoms with van der Waals surface area (Å²) in [4.78, 5) is 24.5. The van der Waals surface area contributed by atoms with E-state index >= 15 is 0 Å². The molecule has 0 spiro atoms. The molecule has 0 saturated carbocycles. The lowest BCUT2D eigenvalue weighted by Crippen LogP contribution is -2.46. The van der Waals surface area contributed by atoms with E-state index in [1.54, 1.807) is 40.8 Å². The molecule has 1 amide bonds. The Hall–Kier alpha value is -1.78. The first-order valence-corrected chi connectivity index (χ1v) is 5.72. The molecule has 5 heteroatoms. The summed E-state index contributed by atoms with van der Waals surface area (Å²) in [6.07, 6.45) is -0.106. The van der Waals surface area contributed by atoms with Crippen molar-refractivity contribution in [2.45, 2.75) is 39.7 Å². The van der Waals surface area contributed by atoms with Crippen molar-refractivity contribution in [3.05, 3.63) is 23.2 Å². The van der Waals surface area contributed by atoms with Gasteiger partial charge in [-0.15, -0.1) is 0 Å². The third kappa shape index (κ3) is 2.91. The van der Waals surface area contributed by atoms with Crippen LogP contribution in [-0.2, 0) is 4.79 Å². The van der Waals surface area contributed by atoms with Gasteiger partial charge in [0.1, 0.15) is 11.5 Å². The Morgan fingerprint density at radius 3 is 2.33 bits per heavy atom. The summed E-state index contributed by atoms with van der Waals surface area (Å²) in [5.74, 6) is 0.0612. The Morgan fingerprint density at radius 2 is 1.94 bits per heavy atom. The number of aryl methyl sites for hydroxylation is 2. The lowest BCUT2D eigenvalue weighted by atomic mass is 9.98. The van der Waals surface area contributed by atoms with E-state index in [2.05, 4.69) is 0 Å². The van der Waals surface area contributed by atoms with Crippen molar-refractivity contribution in [2.24, 2.45) is 0 Å². The zero-order valence-electron chi connectivity index (χ0n) is 11.4. The third-order valence-electron chi connectivity index (χ3n) is 3.07. The van der Waals surface area contributed by atoms with Crippen molar-refractivity contribution < 1.29 is 19.1 Å². The standard InChI is InChI=1S/C13H19NO4/c1-8-6-10(9(2)18-8)12(17)14(5)13(3,4)7-11(15)16/h6H,7H2,1-5H3,(H,15,16). The topological polar surface area (TPSA) is 70.8 Å². The molecule has 0 aliphatic heterocycles. The van der Waals surface area contributed by atoms with Crippen molar-refractivity contribution in [3.63, 3.8) is 0 Å². The van der Waals surface area contributed by atoms with Gasteiger partial charge in [0.2, 0.25) is 0 Å². The second kappa shape index (κ2) is 4.84. The predicted octanol–water partition coefficient (Wildman–Crippen LogP) is 2.22. The zero-order valence-corrected chi connectivity index (χ0v) is 11.4. The number of amides is 1. The number of aliphatic carboxylic acids is 1. The van der Waals surface area contributed by atoms with E-state index in [9.17, 15) is 9.59 Å². The molecule has 0 radical (unpaired) electrons. The fourth-order valence-electron chi connectivity index (χ4n) is 1.79. The second-order valence-electron chi connectivity index (χ2n) is 5.07. The molecule has 1 aromatic heterocycles. The number of hydrogen-bond acceptors (Lipinski definition) is 3. The maximum atomic E-state index is 12.3. The van der Waals surface area contributed by atoms with Crippen LogP contribution in [0.2, 0.25) is 0 Å². The first-order valence-electron chi connectivity index (χ1n) is 5.72. The Balaban J connectivity index is 2.97. The molecule has 0 aliphatic carbocycles. The van der Waals surface area contributed by atoms with Crippen molar-refractivity contribution in [1.82, 2.24) is 4.90 Å². The van der Waals surface area contributed by atoms with Gasteiger partial charge in [0.05, 0.1) is 12.0 Å². The Morgan fingerprint density at radius 1 is 1.39 bits per heavy atom. The lowest BCUT2D eigenvalue weighted by Gasteiger charge is -2.34. The lowest BCUT2D eigenvalue weighted by molar-refractivity contribution is -0.139. The molecule has 0 unspecified atom stereocenters. The highest BCUT2D eigenvalue weighted by atomic mass is 16.4. The first kappa shape index (κ1) is 14.3. The van der Waals surface area contributed by atoms with Crippen molar-refractivity contribution in [2.75, 3.05) is 7.05 Å². The highest BCUT2D eigenvalue weighted by Gasteiger charge is 2.32. The molecular formula is C13H19NO4. The quantitative estimate of drug-likeness (QED) is 0.893. The molecule has 0 aromatic carbocycles. The number of carbonyl (C=O) groups excluding carboxylic acids is 1. The van der Waals surface area contributed by atoms with Gasteiger partial charge in [0.25, 0.3) is 5.91 Å². The fourth-order valence-corrected chi connectivity index (χ4v) is 1.79. The van der Waals surface area contributed by atoms with Gasteiger partial charge in [0, 0.05) is 12.6 Å². The van der Waals surface area contributed by atoms with E-state index < -0.39 is 11.5 Å². The minimum atomic E-state index is -0.931. The molecule has 0 atom stereocenters. The van der Waals surface area contributed by atoms with Gasteiger partial charge < -0.3 is 14.4 Å². The van der Waals surface area contributed by atoms with E-state index in [1.807, 2.05) is 0 Å². The van der Waals surface area contributed by atoms with Crippen LogP contribution >= 0.6 is 0 Å². The van der Waals surface area contributed by atoms with Crippen LogP contribution in [0, 0.1) is 13.8 Å². The van der Waals surface area contributed by atoms with Crippen LogP contribution in [0.1, 0.15) is 42.1 Å². The maximum absolute atomic E-state index is 12.3. The summed E-state index contributed by atoms with van der Waals surface area (Å²) in [7, 11) is 1.60. The average Bonchev–Trinajstić information content (AvgIpc) is 2.53. The second-order valence-corrected chi connectivity index (χ2v) is 5.07. The van der Waals surface area contributed by atoms with E-state index in [4.69, 9.17) is 9.52 Å². The number of furan rings is 1. The van der Waals surface area contributed by atoms with Crippen LogP contribution in [0.25, 0.3) is 0 Å². The van der Waals surface area contributed by atoms with Gasteiger partial charge in [-0.1, -0.05) is 0 Å². The monoisotopic (exact) mass is 253 g/mol. The molecule has 1 aromatic rings. The number of rotatable bonds is 4. The smallest absolute Gasteiger partial charge is 0.305 e. The summed E-state index contributed by atoms with van der Waals surface area (Å²) in [6, 6.07) is 1.67. The molecule has 0 saturated heterocycles. The fraction of sp³-hybridized carbons (Fsp3) is 0.538. The molecule has 5 nitrogen and oxygen atoms in total. The van der Waals surface area contributed by atoms with Gasteiger partial charge in [0.15, 0.2) is 0 Å². The molecule has 18 heavy (non-hydrogen) atoms. The molecule has 100 valence electrons. The van der Waals surface area contributed by atoms with Crippen LogP contribution in [0.5, 0.6) is 0 Å². The van der Waals surface area contributed by atoms with Crippen LogP contribution in [0.15, 0.2) is 10.5 Å². The van der Waals surface area contributed by atoms with Gasteiger partial charge in [-0.3, -0.25) is 9.59 Å². The molecule has 0 aliphatic rings. The first-order chi connectivity index (χ1) is 8.15. The average molecular weight is 253 g/mol. The summed E-state index contributed by atoms with van der Waals surface area (Å²) < 4.78 is 5.32. The summed E-state index contributed by atoms with van der Waals surface area (Å²) in [5.41, 5.74) is -0.269. The molecule has 0 fully saturated rings. The zero-order chi connectivity index (χ0) is 14.1. The van der Waals surface area contributed by atoms with Crippen LogP contribution in [-0.4, -0.2) is 34.5 Å². The van der Waals surface area contributed by atoms with E-state index in [0.717, 1.165) is 0 Å². The molecule has 1 heterocycles. The maximum Gasteiger partial charge on any atom is 0.305 e. The number of carboxylic acid groups (broad SMARTS) is 1. The summed E-state index contributed by atoms with van der Waals surface area (Å²) in [6.45, 7) is 6.94. The van der Waals surface area contributed by atoms with E-state index in [-0.39, 0.29) is 12.3 Å². The minimum absolute atomic E-state index is 0.106. The molecule has 1 N–H and O–H groups in total. The highest BCUT2D eigenvalue weighted by Crippen LogP contribution is 2.22. The van der Waals surface area contributed by atoms with E-state index in [0.29, 0.717) is 17.1 Å². The third-order valence-corrected chi connectivity index (χ3v) is 3.07. The largest absolute Gasteiger partial charge is 0.481 e.